The van der Waals surface area contributed by atoms with Gasteiger partial charge in [0.05, 0.1) is 11.8 Å². The first-order chi connectivity index (χ1) is 12.5. The number of nitrogens with one attached hydrogen (secondary N) is 1. The van der Waals surface area contributed by atoms with E-state index in [2.05, 4.69) is 20.4 Å². The second-order valence-electron chi connectivity index (χ2n) is 6.57. The summed E-state index contributed by atoms with van der Waals surface area (Å²) >= 11 is 0. The van der Waals surface area contributed by atoms with Crippen molar-refractivity contribution in [1.29, 1.82) is 0 Å². The Morgan fingerprint density at radius 2 is 1.93 bits per heavy atom. The molecule has 1 atom stereocenters. The smallest absolute Gasteiger partial charge is 0.387 e. The summed E-state index contributed by atoms with van der Waals surface area (Å²) in [6, 6.07) is 1.84. The van der Waals surface area contributed by atoms with Gasteiger partial charge in [-0.05, 0) is 25.8 Å². The van der Waals surface area contributed by atoms with Gasteiger partial charge in [0, 0.05) is 31.1 Å². The van der Waals surface area contributed by atoms with Gasteiger partial charge in [0.15, 0.2) is 11.5 Å². The first-order valence-corrected chi connectivity index (χ1v) is 8.38. The van der Waals surface area contributed by atoms with Crippen molar-refractivity contribution in [2.45, 2.75) is 56.9 Å². The molecule has 0 radical (unpaired) electrons. The molecule has 27 heavy (non-hydrogen) atoms. The molecule has 11 heteroatoms. The van der Waals surface area contributed by atoms with Crippen LogP contribution in [0.5, 0.6) is 0 Å². The van der Waals surface area contributed by atoms with E-state index in [1.54, 1.807) is 0 Å². The molecule has 1 fully saturated rings. The van der Waals surface area contributed by atoms with Gasteiger partial charge in [0.1, 0.15) is 0 Å². The van der Waals surface area contributed by atoms with Crippen LogP contribution in [0.3, 0.4) is 0 Å². The Balaban J connectivity index is 1.86. The Morgan fingerprint density at radius 3 is 2.48 bits per heavy atom. The fraction of sp³-hybridized carbons (Fsp3) is 0.562. The summed E-state index contributed by atoms with van der Waals surface area (Å²) in [5.41, 5.74) is -0.906. The maximum atomic E-state index is 13.3. The molecule has 0 amide bonds. The minimum absolute atomic E-state index is 0.0278. The van der Waals surface area contributed by atoms with Crippen molar-refractivity contribution in [2.75, 3.05) is 5.32 Å². The molecule has 1 aliphatic rings. The van der Waals surface area contributed by atoms with E-state index in [-0.39, 0.29) is 49.2 Å². The Kier molecular flexibility index (Phi) is 5.06. The topological polar surface area (TPSA) is 75.9 Å². The highest BCUT2D eigenvalue weighted by molar-refractivity contribution is 5.36. The van der Waals surface area contributed by atoms with Crippen LogP contribution in [0.4, 0.5) is 27.9 Å². The van der Waals surface area contributed by atoms with E-state index in [9.17, 15) is 27.1 Å². The predicted molar refractivity (Wildman–Crippen MR) is 85.6 cm³/mol. The molecule has 1 aliphatic carbocycles. The zero-order valence-corrected chi connectivity index (χ0v) is 14.3. The minimum Gasteiger partial charge on any atom is -0.387 e. The molecule has 1 saturated carbocycles. The summed E-state index contributed by atoms with van der Waals surface area (Å²) in [7, 11) is 0. The van der Waals surface area contributed by atoms with Crippen molar-refractivity contribution in [3.8, 4) is 5.82 Å². The Labute approximate surface area is 151 Å². The standard InChI is InChI=1S/C16H18F5N5O/c1-9(27)11-8-13(26-7-4-12(25-26)16(19,20)21)24-14(23-11)22-10-2-5-15(17,18)6-3-10/h4,7-10,27H,2-3,5-6H2,1H3,(H,22,23,24). The fourth-order valence-electron chi connectivity index (χ4n) is 2.82. The second-order valence-corrected chi connectivity index (χ2v) is 6.57. The van der Waals surface area contributed by atoms with Crippen molar-refractivity contribution in [2.24, 2.45) is 0 Å². The molecule has 2 aromatic rings. The van der Waals surface area contributed by atoms with Gasteiger partial charge in [0.25, 0.3) is 0 Å². The molecular formula is C16H18F5N5O. The number of halogens is 5. The maximum Gasteiger partial charge on any atom is 0.435 e. The van der Waals surface area contributed by atoms with Crippen LogP contribution in [0.25, 0.3) is 5.82 Å². The Hall–Kier alpha value is -2.30. The molecule has 0 saturated heterocycles. The van der Waals surface area contributed by atoms with Crippen LogP contribution in [-0.4, -0.2) is 36.8 Å². The molecule has 0 spiro atoms. The van der Waals surface area contributed by atoms with E-state index in [0.717, 1.165) is 16.9 Å². The lowest BCUT2D eigenvalue weighted by Crippen LogP contribution is -2.32. The second kappa shape index (κ2) is 7.02. The lowest BCUT2D eigenvalue weighted by molar-refractivity contribution is -0.141. The molecule has 3 rings (SSSR count). The van der Waals surface area contributed by atoms with E-state index < -0.39 is 23.9 Å². The minimum atomic E-state index is -4.60. The summed E-state index contributed by atoms with van der Waals surface area (Å²) in [6.45, 7) is 1.45. The fourth-order valence-corrected chi connectivity index (χ4v) is 2.82. The van der Waals surface area contributed by atoms with Crippen molar-refractivity contribution < 1.29 is 27.1 Å². The van der Waals surface area contributed by atoms with E-state index in [1.165, 1.54) is 13.0 Å². The quantitative estimate of drug-likeness (QED) is 0.777. The molecule has 0 aliphatic heterocycles. The number of anilines is 1. The van der Waals surface area contributed by atoms with Gasteiger partial charge in [-0.25, -0.2) is 18.4 Å². The summed E-state index contributed by atoms with van der Waals surface area (Å²) in [6.07, 6.45) is -4.60. The molecule has 0 bridgehead atoms. The molecular weight excluding hydrogens is 373 g/mol. The van der Waals surface area contributed by atoms with Gasteiger partial charge in [-0.2, -0.15) is 23.3 Å². The zero-order valence-electron chi connectivity index (χ0n) is 14.3. The third-order valence-corrected chi connectivity index (χ3v) is 4.33. The van der Waals surface area contributed by atoms with Crippen LogP contribution < -0.4 is 5.32 Å². The normalized spacial score (nSPS) is 19.1. The molecule has 6 nitrogen and oxygen atoms in total. The van der Waals surface area contributed by atoms with Gasteiger partial charge in [0.2, 0.25) is 11.9 Å². The highest BCUT2D eigenvalue weighted by Crippen LogP contribution is 2.34. The first-order valence-electron chi connectivity index (χ1n) is 8.38. The van der Waals surface area contributed by atoms with Crippen LogP contribution in [0.15, 0.2) is 18.3 Å². The van der Waals surface area contributed by atoms with Crippen molar-refractivity contribution in [3.63, 3.8) is 0 Å². The monoisotopic (exact) mass is 391 g/mol. The number of aliphatic hydroxyl groups is 1. The average molecular weight is 391 g/mol. The number of aromatic nitrogens is 4. The van der Waals surface area contributed by atoms with Crippen LogP contribution >= 0.6 is 0 Å². The van der Waals surface area contributed by atoms with E-state index in [4.69, 9.17) is 0 Å². The van der Waals surface area contributed by atoms with Crippen molar-refractivity contribution in [3.05, 3.63) is 29.7 Å². The molecule has 2 heterocycles. The molecule has 148 valence electrons. The highest BCUT2D eigenvalue weighted by Gasteiger charge is 2.35. The summed E-state index contributed by atoms with van der Waals surface area (Å²) in [5.74, 6) is -2.61. The number of hydrogen-bond donors (Lipinski definition) is 2. The molecule has 0 aromatic carbocycles. The highest BCUT2D eigenvalue weighted by atomic mass is 19.4. The Morgan fingerprint density at radius 1 is 1.26 bits per heavy atom. The van der Waals surface area contributed by atoms with Gasteiger partial charge >= 0.3 is 6.18 Å². The van der Waals surface area contributed by atoms with E-state index >= 15 is 0 Å². The van der Waals surface area contributed by atoms with Crippen LogP contribution in [-0.2, 0) is 6.18 Å². The van der Waals surface area contributed by atoms with Crippen molar-refractivity contribution >= 4 is 5.95 Å². The van der Waals surface area contributed by atoms with Gasteiger partial charge in [-0.15, -0.1) is 0 Å². The van der Waals surface area contributed by atoms with Crippen LogP contribution in [0.1, 0.15) is 50.1 Å². The van der Waals surface area contributed by atoms with E-state index in [0.29, 0.717) is 0 Å². The average Bonchev–Trinajstić information content (AvgIpc) is 3.07. The molecule has 2 N–H and O–H groups in total. The van der Waals surface area contributed by atoms with Crippen LogP contribution in [0.2, 0.25) is 0 Å². The maximum absolute atomic E-state index is 13.3. The largest absolute Gasteiger partial charge is 0.435 e. The number of hydrogen-bond acceptors (Lipinski definition) is 5. The number of alkyl halides is 5. The SMILES string of the molecule is CC(O)c1cc(-n2ccc(C(F)(F)F)n2)nc(NC2CCC(F)(F)CC2)n1. The lowest BCUT2D eigenvalue weighted by Gasteiger charge is -2.29. The van der Waals surface area contributed by atoms with Crippen molar-refractivity contribution in [1.82, 2.24) is 19.7 Å². The molecule has 1 unspecified atom stereocenters. The third kappa shape index (κ3) is 4.71. The first kappa shape index (κ1) is 19.5. The molecule has 2 aromatic heterocycles. The number of aliphatic hydroxyl groups excluding tert-OH is 1. The summed E-state index contributed by atoms with van der Waals surface area (Å²) in [4.78, 5) is 8.25. The van der Waals surface area contributed by atoms with Gasteiger partial charge in [-0.3, -0.25) is 0 Å². The summed E-state index contributed by atoms with van der Waals surface area (Å²) < 4.78 is 65.7. The lowest BCUT2D eigenvalue weighted by atomic mass is 9.92. The number of rotatable bonds is 4. The zero-order chi connectivity index (χ0) is 19.8. The predicted octanol–water partition coefficient (Wildman–Crippen LogP) is 3.72. The third-order valence-electron chi connectivity index (χ3n) is 4.33. The summed E-state index contributed by atoms with van der Waals surface area (Å²) in [5, 5.41) is 16.2. The Bertz CT molecular complexity index is 795. The van der Waals surface area contributed by atoms with Gasteiger partial charge in [-0.1, -0.05) is 0 Å². The van der Waals surface area contributed by atoms with Gasteiger partial charge < -0.3 is 10.4 Å². The van der Waals surface area contributed by atoms with E-state index in [1.807, 2.05) is 0 Å². The number of nitrogens with zero attached hydrogens (tertiary/aromatic N) is 4. The van der Waals surface area contributed by atoms with Crippen LogP contribution in [0, 0.1) is 0 Å².